The van der Waals surface area contributed by atoms with Crippen molar-refractivity contribution in [3.8, 4) is 11.4 Å². The summed E-state index contributed by atoms with van der Waals surface area (Å²) in [5.41, 5.74) is 2.14. The van der Waals surface area contributed by atoms with Crippen molar-refractivity contribution in [3.63, 3.8) is 0 Å². The molecule has 0 radical (unpaired) electrons. The second kappa shape index (κ2) is 9.89. The van der Waals surface area contributed by atoms with Crippen LogP contribution in [0.4, 0.5) is 10.1 Å². The van der Waals surface area contributed by atoms with E-state index in [0.717, 1.165) is 22.0 Å². The standard InChI is InChI=1S/C27H21FN4OS/c28-24-13-7-6-12-23(24)26-30-31-27(32(26)17-19-8-2-1-3-9-19)34-18-25(33)29-22-15-14-20-10-4-5-11-21(20)16-22/h1-16H,17-18H2,(H,29,33). The molecule has 5 rings (SSSR count). The molecule has 0 aliphatic carbocycles. The summed E-state index contributed by atoms with van der Waals surface area (Å²) in [6.45, 7) is 0.464. The zero-order valence-corrected chi connectivity index (χ0v) is 19.0. The van der Waals surface area contributed by atoms with E-state index in [4.69, 9.17) is 0 Å². The van der Waals surface area contributed by atoms with Gasteiger partial charge in [0.05, 0.1) is 17.9 Å². The second-order valence-corrected chi connectivity index (χ2v) is 8.70. The van der Waals surface area contributed by atoms with Crippen molar-refractivity contribution >= 4 is 34.1 Å². The number of carbonyl (C=O) groups excluding carboxylic acids is 1. The van der Waals surface area contributed by atoms with Gasteiger partial charge in [-0.25, -0.2) is 4.39 Å². The number of hydrogen-bond acceptors (Lipinski definition) is 4. The minimum Gasteiger partial charge on any atom is -0.325 e. The first-order chi connectivity index (χ1) is 16.7. The Labute approximate surface area is 200 Å². The predicted molar refractivity (Wildman–Crippen MR) is 134 cm³/mol. The number of halogens is 1. The molecule has 0 aliphatic heterocycles. The summed E-state index contributed by atoms with van der Waals surface area (Å²) >= 11 is 1.27. The van der Waals surface area contributed by atoms with E-state index >= 15 is 0 Å². The van der Waals surface area contributed by atoms with Gasteiger partial charge in [0.15, 0.2) is 11.0 Å². The molecule has 0 saturated carbocycles. The van der Waals surface area contributed by atoms with Crippen LogP contribution in [0.25, 0.3) is 22.2 Å². The van der Waals surface area contributed by atoms with Gasteiger partial charge in [-0.05, 0) is 40.6 Å². The topological polar surface area (TPSA) is 59.8 Å². The van der Waals surface area contributed by atoms with Crippen molar-refractivity contribution in [1.82, 2.24) is 14.8 Å². The number of hydrogen-bond donors (Lipinski definition) is 1. The lowest BCUT2D eigenvalue weighted by molar-refractivity contribution is -0.113. The van der Waals surface area contributed by atoms with Crippen molar-refractivity contribution in [2.45, 2.75) is 11.7 Å². The largest absolute Gasteiger partial charge is 0.325 e. The molecule has 34 heavy (non-hydrogen) atoms. The van der Waals surface area contributed by atoms with E-state index in [1.54, 1.807) is 18.2 Å². The molecular weight excluding hydrogens is 447 g/mol. The van der Waals surface area contributed by atoms with E-state index in [1.165, 1.54) is 17.8 Å². The molecule has 0 aliphatic rings. The molecule has 5 nitrogen and oxygen atoms in total. The fourth-order valence-electron chi connectivity index (χ4n) is 3.74. The molecule has 0 spiro atoms. The summed E-state index contributed by atoms with van der Waals surface area (Å²) in [4.78, 5) is 12.7. The van der Waals surface area contributed by atoms with E-state index in [0.29, 0.717) is 23.1 Å². The van der Waals surface area contributed by atoms with Gasteiger partial charge >= 0.3 is 0 Å². The third-order valence-electron chi connectivity index (χ3n) is 5.38. The highest BCUT2D eigenvalue weighted by atomic mass is 32.2. The normalized spacial score (nSPS) is 11.0. The molecule has 0 bridgehead atoms. The van der Waals surface area contributed by atoms with Gasteiger partial charge in [-0.1, -0.05) is 84.6 Å². The first-order valence-corrected chi connectivity index (χ1v) is 11.8. The minimum absolute atomic E-state index is 0.150. The third kappa shape index (κ3) is 4.84. The number of thioether (sulfide) groups is 1. The number of nitrogens with one attached hydrogen (secondary N) is 1. The van der Waals surface area contributed by atoms with Crippen molar-refractivity contribution in [1.29, 1.82) is 0 Å². The number of carbonyl (C=O) groups is 1. The van der Waals surface area contributed by atoms with Crippen molar-refractivity contribution in [2.24, 2.45) is 0 Å². The molecule has 1 aromatic heterocycles. The van der Waals surface area contributed by atoms with Crippen LogP contribution < -0.4 is 5.32 Å². The highest BCUT2D eigenvalue weighted by Crippen LogP contribution is 2.27. The maximum Gasteiger partial charge on any atom is 0.234 e. The monoisotopic (exact) mass is 468 g/mol. The van der Waals surface area contributed by atoms with E-state index in [9.17, 15) is 9.18 Å². The lowest BCUT2D eigenvalue weighted by Gasteiger charge is -2.11. The zero-order chi connectivity index (χ0) is 23.3. The molecule has 168 valence electrons. The second-order valence-electron chi connectivity index (χ2n) is 7.76. The number of benzene rings is 4. The van der Waals surface area contributed by atoms with Crippen LogP contribution in [0, 0.1) is 5.82 Å². The lowest BCUT2D eigenvalue weighted by Crippen LogP contribution is -2.15. The lowest BCUT2D eigenvalue weighted by atomic mass is 10.1. The van der Waals surface area contributed by atoms with E-state index in [1.807, 2.05) is 77.4 Å². The Hall–Kier alpha value is -3.97. The molecule has 0 atom stereocenters. The van der Waals surface area contributed by atoms with Crippen LogP contribution in [0.1, 0.15) is 5.56 Å². The summed E-state index contributed by atoms with van der Waals surface area (Å²) in [5.74, 6) is 0.0630. The maximum absolute atomic E-state index is 14.5. The Morgan fingerprint density at radius 1 is 0.853 bits per heavy atom. The number of fused-ring (bicyclic) bond motifs is 1. The smallest absolute Gasteiger partial charge is 0.234 e. The highest BCUT2D eigenvalue weighted by Gasteiger charge is 2.18. The average molecular weight is 469 g/mol. The third-order valence-corrected chi connectivity index (χ3v) is 6.35. The van der Waals surface area contributed by atoms with Gasteiger partial charge in [0.1, 0.15) is 5.82 Å². The number of anilines is 1. The summed E-state index contributed by atoms with van der Waals surface area (Å²) in [6, 6.07) is 30.1. The van der Waals surface area contributed by atoms with E-state index < -0.39 is 0 Å². The Morgan fingerprint density at radius 3 is 2.41 bits per heavy atom. The molecule has 0 unspecified atom stereocenters. The minimum atomic E-state index is -0.366. The quantitative estimate of drug-likeness (QED) is 0.297. The Morgan fingerprint density at radius 2 is 1.59 bits per heavy atom. The van der Waals surface area contributed by atoms with Crippen LogP contribution in [0.3, 0.4) is 0 Å². The Balaban J connectivity index is 1.36. The van der Waals surface area contributed by atoms with E-state index in [-0.39, 0.29) is 17.5 Å². The summed E-state index contributed by atoms with van der Waals surface area (Å²) < 4.78 is 16.4. The van der Waals surface area contributed by atoms with Crippen LogP contribution in [-0.2, 0) is 11.3 Å². The van der Waals surface area contributed by atoms with Gasteiger partial charge in [0, 0.05) is 5.69 Å². The van der Waals surface area contributed by atoms with Gasteiger partial charge < -0.3 is 5.32 Å². The van der Waals surface area contributed by atoms with Crippen LogP contribution in [0.5, 0.6) is 0 Å². The van der Waals surface area contributed by atoms with Crippen LogP contribution in [0.2, 0.25) is 0 Å². The SMILES string of the molecule is O=C(CSc1nnc(-c2ccccc2F)n1Cc1ccccc1)Nc1ccc2ccccc2c1. The highest BCUT2D eigenvalue weighted by molar-refractivity contribution is 7.99. The first kappa shape index (κ1) is 21.9. The molecule has 0 fully saturated rings. The number of nitrogens with zero attached hydrogens (tertiary/aromatic N) is 3. The van der Waals surface area contributed by atoms with Gasteiger partial charge in [-0.2, -0.15) is 0 Å². The molecule has 1 heterocycles. The average Bonchev–Trinajstić information content (AvgIpc) is 3.25. The van der Waals surface area contributed by atoms with Gasteiger partial charge in [0.2, 0.25) is 5.91 Å². The van der Waals surface area contributed by atoms with Crippen molar-refractivity contribution in [3.05, 3.63) is 108 Å². The molecular formula is C27H21FN4OS. The summed E-state index contributed by atoms with van der Waals surface area (Å²) in [6.07, 6.45) is 0. The summed E-state index contributed by atoms with van der Waals surface area (Å²) in [7, 11) is 0. The number of aromatic nitrogens is 3. The van der Waals surface area contributed by atoms with Gasteiger partial charge in [-0.15, -0.1) is 10.2 Å². The van der Waals surface area contributed by atoms with Crippen molar-refractivity contribution in [2.75, 3.05) is 11.1 Å². The first-order valence-electron chi connectivity index (χ1n) is 10.8. The maximum atomic E-state index is 14.5. The molecule has 1 N–H and O–H groups in total. The predicted octanol–water partition coefficient (Wildman–Crippen LogP) is 6.02. The zero-order valence-electron chi connectivity index (χ0n) is 18.2. The Kier molecular flexibility index (Phi) is 6.35. The number of rotatable bonds is 7. The molecule has 7 heteroatoms. The Bertz CT molecular complexity index is 1450. The van der Waals surface area contributed by atoms with Gasteiger partial charge in [-0.3, -0.25) is 9.36 Å². The van der Waals surface area contributed by atoms with Crippen LogP contribution in [-0.4, -0.2) is 26.4 Å². The van der Waals surface area contributed by atoms with Gasteiger partial charge in [0.25, 0.3) is 0 Å². The van der Waals surface area contributed by atoms with Crippen molar-refractivity contribution < 1.29 is 9.18 Å². The molecule has 4 aromatic carbocycles. The molecule has 5 aromatic rings. The molecule has 0 saturated heterocycles. The number of amides is 1. The fourth-order valence-corrected chi connectivity index (χ4v) is 4.48. The fraction of sp³-hybridized carbons (Fsp3) is 0.0741. The van der Waals surface area contributed by atoms with Crippen LogP contribution in [0.15, 0.2) is 102 Å². The van der Waals surface area contributed by atoms with Crippen LogP contribution >= 0.6 is 11.8 Å². The molecule has 1 amide bonds. The van der Waals surface area contributed by atoms with E-state index in [2.05, 4.69) is 15.5 Å². The summed E-state index contributed by atoms with van der Waals surface area (Å²) in [5, 5.41) is 14.2.